The highest BCUT2D eigenvalue weighted by atomic mass is 16.5. The monoisotopic (exact) mass is 287 g/mol. The number of aromatic nitrogens is 3. The van der Waals surface area contributed by atoms with E-state index in [-0.39, 0.29) is 0 Å². The summed E-state index contributed by atoms with van der Waals surface area (Å²) in [4.78, 5) is 8.98. The van der Waals surface area contributed by atoms with Crippen LogP contribution in [0.5, 0.6) is 5.88 Å². The SMILES string of the molecule is COc1cccc(-c2nccn2C2CCC(OC)CC2)n1. The standard InChI is InChI=1S/C16H21N3O2/c1-20-13-8-6-12(7-9-13)19-11-10-17-16(19)14-4-3-5-15(18-14)21-2/h3-5,10-13H,6-9H2,1-2H3. The van der Waals surface area contributed by atoms with E-state index in [1.165, 1.54) is 0 Å². The van der Waals surface area contributed by atoms with Crippen LogP contribution in [0.25, 0.3) is 11.5 Å². The van der Waals surface area contributed by atoms with E-state index >= 15 is 0 Å². The largest absolute Gasteiger partial charge is 0.481 e. The van der Waals surface area contributed by atoms with E-state index in [1.54, 1.807) is 14.2 Å². The zero-order valence-corrected chi connectivity index (χ0v) is 12.5. The molecule has 0 aromatic carbocycles. The van der Waals surface area contributed by atoms with Gasteiger partial charge in [0.25, 0.3) is 0 Å². The van der Waals surface area contributed by atoms with Crippen molar-refractivity contribution in [3.8, 4) is 17.4 Å². The Bertz CT molecular complexity index is 589. The van der Waals surface area contributed by atoms with Crippen molar-refractivity contribution in [3.63, 3.8) is 0 Å². The van der Waals surface area contributed by atoms with Crippen LogP contribution in [0, 0.1) is 0 Å². The Labute approximate surface area is 124 Å². The van der Waals surface area contributed by atoms with Crippen LogP contribution in [-0.2, 0) is 4.74 Å². The van der Waals surface area contributed by atoms with Crippen molar-refractivity contribution in [2.75, 3.05) is 14.2 Å². The average Bonchev–Trinajstić information content (AvgIpc) is 3.04. The first-order valence-corrected chi connectivity index (χ1v) is 7.39. The van der Waals surface area contributed by atoms with Gasteiger partial charge in [-0.2, -0.15) is 0 Å². The summed E-state index contributed by atoms with van der Waals surface area (Å²) in [6, 6.07) is 6.24. The molecule has 5 nitrogen and oxygen atoms in total. The Kier molecular flexibility index (Phi) is 4.20. The highest BCUT2D eigenvalue weighted by Gasteiger charge is 2.24. The molecule has 1 aliphatic carbocycles. The maximum Gasteiger partial charge on any atom is 0.213 e. The molecule has 0 radical (unpaired) electrons. The highest BCUT2D eigenvalue weighted by Crippen LogP contribution is 2.32. The normalized spacial score (nSPS) is 22.2. The quantitative estimate of drug-likeness (QED) is 0.867. The zero-order valence-electron chi connectivity index (χ0n) is 12.5. The van der Waals surface area contributed by atoms with Crippen LogP contribution in [0.4, 0.5) is 0 Å². The minimum Gasteiger partial charge on any atom is -0.481 e. The number of hydrogen-bond acceptors (Lipinski definition) is 4. The second kappa shape index (κ2) is 6.26. The molecule has 112 valence electrons. The predicted octanol–water partition coefficient (Wildman–Crippen LogP) is 3.08. The lowest BCUT2D eigenvalue weighted by molar-refractivity contribution is 0.0586. The minimum atomic E-state index is 0.406. The van der Waals surface area contributed by atoms with Crippen LogP contribution in [0.1, 0.15) is 31.7 Å². The van der Waals surface area contributed by atoms with Gasteiger partial charge in [0.05, 0.1) is 13.2 Å². The first kappa shape index (κ1) is 14.1. The van der Waals surface area contributed by atoms with Gasteiger partial charge in [0.1, 0.15) is 5.69 Å². The van der Waals surface area contributed by atoms with Crippen LogP contribution in [0.15, 0.2) is 30.6 Å². The fourth-order valence-electron chi connectivity index (χ4n) is 3.02. The maximum absolute atomic E-state index is 5.45. The molecule has 0 bridgehead atoms. The average molecular weight is 287 g/mol. The molecular formula is C16H21N3O2. The van der Waals surface area contributed by atoms with E-state index in [1.807, 2.05) is 30.6 Å². The maximum atomic E-state index is 5.45. The van der Waals surface area contributed by atoms with Gasteiger partial charge >= 0.3 is 0 Å². The van der Waals surface area contributed by atoms with E-state index in [2.05, 4.69) is 14.5 Å². The number of pyridine rings is 1. The predicted molar refractivity (Wildman–Crippen MR) is 80.3 cm³/mol. The molecule has 0 amide bonds. The molecule has 1 fully saturated rings. The summed E-state index contributed by atoms with van der Waals surface area (Å²) in [5.41, 5.74) is 0.855. The fourth-order valence-corrected chi connectivity index (χ4v) is 3.02. The van der Waals surface area contributed by atoms with Crippen LogP contribution in [0.2, 0.25) is 0 Å². The Morgan fingerprint density at radius 1 is 1.14 bits per heavy atom. The molecule has 0 N–H and O–H groups in total. The fraction of sp³-hybridized carbons (Fsp3) is 0.500. The van der Waals surface area contributed by atoms with Gasteiger partial charge in [-0.1, -0.05) is 6.07 Å². The van der Waals surface area contributed by atoms with E-state index in [9.17, 15) is 0 Å². The highest BCUT2D eigenvalue weighted by molar-refractivity contribution is 5.51. The molecule has 5 heteroatoms. The number of ether oxygens (including phenoxy) is 2. The number of hydrogen-bond donors (Lipinski definition) is 0. The lowest BCUT2D eigenvalue weighted by Crippen LogP contribution is -2.22. The second-order valence-corrected chi connectivity index (χ2v) is 5.39. The van der Waals surface area contributed by atoms with E-state index in [0.29, 0.717) is 18.0 Å². The van der Waals surface area contributed by atoms with Gasteiger partial charge in [-0.05, 0) is 31.7 Å². The van der Waals surface area contributed by atoms with Gasteiger partial charge in [0.15, 0.2) is 5.82 Å². The lowest BCUT2D eigenvalue weighted by Gasteiger charge is -2.29. The third-order valence-corrected chi connectivity index (χ3v) is 4.20. The van der Waals surface area contributed by atoms with Crippen LogP contribution < -0.4 is 4.74 Å². The Balaban J connectivity index is 1.84. The molecule has 1 saturated carbocycles. The smallest absolute Gasteiger partial charge is 0.213 e. The number of imidazole rings is 1. The molecule has 0 spiro atoms. The van der Waals surface area contributed by atoms with Crippen molar-refractivity contribution in [2.24, 2.45) is 0 Å². The lowest BCUT2D eigenvalue weighted by atomic mass is 9.92. The summed E-state index contributed by atoms with van der Waals surface area (Å²) in [5, 5.41) is 0. The summed E-state index contributed by atoms with van der Waals surface area (Å²) in [6.07, 6.45) is 8.74. The first-order chi connectivity index (χ1) is 10.3. The molecule has 21 heavy (non-hydrogen) atoms. The molecular weight excluding hydrogens is 266 g/mol. The Morgan fingerprint density at radius 2 is 1.95 bits per heavy atom. The zero-order chi connectivity index (χ0) is 14.7. The second-order valence-electron chi connectivity index (χ2n) is 5.39. The van der Waals surface area contributed by atoms with E-state index in [0.717, 1.165) is 37.2 Å². The van der Waals surface area contributed by atoms with Gasteiger partial charge < -0.3 is 14.0 Å². The molecule has 1 aliphatic rings. The summed E-state index contributed by atoms with van der Waals surface area (Å²) in [5.74, 6) is 1.53. The molecule has 0 saturated heterocycles. The number of rotatable bonds is 4. The van der Waals surface area contributed by atoms with E-state index < -0.39 is 0 Å². The molecule has 2 aromatic heterocycles. The van der Waals surface area contributed by atoms with Crippen LogP contribution in [0.3, 0.4) is 0 Å². The Morgan fingerprint density at radius 3 is 2.67 bits per heavy atom. The minimum absolute atomic E-state index is 0.406. The summed E-state index contributed by atoms with van der Waals surface area (Å²) in [6.45, 7) is 0. The van der Waals surface area contributed by atoms with Gasteiger partial charge in [-0.3, -0.25) is 0 Å². The van der Waals surface area contributed by atoms with Crippen molar-refractivity contribution in [1.29, 1.82) is 0 Å². The van der Waals surface area contributed by atoms with Crippen molar-refractivity contribution >= 4 is 0 Å². The van der Waals surface area contributed by atoms with Crippen molar-refractivity contribution < 1.29 is 9.47 Å². The van der Waals surface area contributed by atoms with Gasteiger partial charge in [-0.25, -0.2) is 9.97 Å². The molecule has 0 unspecified atom stereocenters. The molecule has 2 heterocycles. The van der Waals surface area contributed by atoms with Gasteiger partial charge in [-0.15, -0.1) is 0 Å². The Hall–Kier alpha value is -1.88. The number of nitrogens with zero attached hydrogens (tertiary/aromatic N) is 3. The first-order valence-electron chi connectivity index (χ1n) is 7.39. The molecule has 0 atom stereocenters. The van der Waals surface area contributed by atoms with Crippen molar-refractivity contribution in [1.82, 2.24) is 14.5 Å². The topological polar surface area (TPSA) is 49.2 Å². The third-order valence-electron chi connectivity index (χ3n) is 4.20. The molecule has 0 aliphatic heterocycles. The van der Waals surface area contributed by atoms with Crippen LogP contribution in [-0.4, -0.2) is 34.9 Å². The van der Waals surface area contributed by atoms with Crippen molar-refractivity contribution in [2.45, 2.75) is 37.8 Å². The summed E-state index contributed by atoms with van der Waals surface area (Å²) < 4.78 is 12.9. The van der Waals surface area contributed by atoms with Gasteiger partial charge in [0, 0.05) is 31.6 Å². The molecule has 2 aromatic rings. The van der Waals surface area contributed by atoms with Crippen molar-refractivity contribution in [3.05, 3.63) is 30.6 Å². The van der Waals surface area contributed by atoms with Gasteiger partial charge in [0.2, 0.25) is 5.88 Å². The third kappa shape index (κ3) is 2.93. The summed E-state index contributed by atoms with van der Waals surface area (Å²) >= 11 is 0. The van der Waals surface area contributed by atoms with E-state index in [4.69, 9.17) is 9.47 Å². The number of methoxy groups -OCH3 is 2. The van der Waals surface area contributed by atoms with Crippen LogP contribution >= 0.6 is 0 Å². The summed E-state index contributed by atoms with van der Waals surface area (Å²) in [7, 11) is 3.43. The molecule has 3 rings (SSSR count).